The maximum Gasteiger partial charge on any atom is 0.416 e. The molecule has 4 aromatic rings. The van der Waals surface area contributed by atoms with E-state index in [0.29, 0.717) is 35.9 Å². The van der Waals surface area contributed by atoms with Crippen LogP contribution in [0.2, 0.25) is 0 Å². The molecule has 2 aromatic carbocycles. The van der Waals surface area contributed by atoms with Crippen molar-refractivity contribution in [2.75, 3.05) is 25.2 Å². The Hall–Kier alpha value is -3.11. The first kappa shape index (κ1) is 22.7. The van der Waals surface area contributed by atoms with E-state index >= 15 is 0 Å². The predicted octanol–water partition coefficient (Wildman–Crippen LogP) is 6.26. The second-order valence-corrected chi connectivity index (χ2v) is 8.93. The molecule has 0 bridgehead atoms. The molecule has 0 radical (unpaired) electrons. The Morgan fingerprint density at radius 2 is 2.06 bits per heavy atom. The van der Waals surface area contributed by atoms with E-state index in [-0.39, 0.29) is 16.0 Å². The van der Waals surface area contributed by atoms with Gasteiger partial charge in [0.2, 0.25) is 0 Å². The SMILES string of the molecule is COC[C@H]1COc2c(-c3nc4c(Br)cc(C(F)(F)F)cc4[nH]3)cccc2N1c1ccc(C)cn1. The zero-order valence-corrected chi connectivity index (χ0v) is 19.9. The van der Waals surface area contributed by atoms with Gasteiger partial charge in [0.25, 0.3) is 0 Å². The summed E-state index contributed by atoms with van der Waals surface area (Å²) in [5.41, 5.74) is 2.39. The van der Waals surface area contributed by atoms with Gasteiger partial charge in [0.05, 0.1) is 35.0 Å². The Morgan fingerprint density at radius 3 is 2.76 bits per heavy atom. The second kappa shape index (κ2) is 8.59. The van der Waals surface area contributed by atoms with Gasteiger partial charge in [-0.2, -0.15) is 13.2 Å². The van der Waals surface area contributed by atoms with Crippen LogP contribution in [0.25, 0.3) is 22.4 Å². The van der Waals surface area contributed by atoms with Gasteiger partial charge in [0.1, 0.15) is 23.8 Å². The molecule has 5 rings (SSSR count). The van der Waals surface area contributed by atoms with Gasteiger partial charge in [0, 0.05) is 17.8 Å². The number of halogens is 4. The van der Waals surface area contributed by atoms with Gasteiger partial charge in [-0.3, -0.25) is 0 Å². The molecule has 0 saturated carbocycles. The van der Waals surface area contributed by atoms with Crippen LogP contribution in [-0.4, -0.2) is 41.3 Å². The van der Waals surface area contributed by atoms with E-state index in [4.69, 9.17) is 9.47 Å². The fourth-order valence-electron chi connectivity index (χ4n) is 4.10. The Kier molecular flexibility index (Phi) is 5.73. The van der Waals surface area contributed by atoms with Crippen molar-refractivity contribution in [3.8, 4) is 17.1 Å². The third-order valence-electron chi connectivity index (χ3n) is 5.66. The highest BCUT2D eigenvalue weighted by Gasteiger charge is 2.33. The van der Waals surface area contributed by atoms with Crippen molar-refractivity contribution in [1.29, 1.82) is 0 Å². The minimum absolute atomic E-state index is 0.109. The summed E-state index contributed by atoms with van der Waals surface area (Å²) < 4.78 is 51.7. The van der Waals surface area contributed by atoms with Gasteiger partial charge in [-0.05, 0) is 58.7 Å². The molecule has 0 unspecified atom stereocenters. The van der Waals surface area contributed by atoms with Crippen LogP contribution in [0.5, 0.6) is 5.75 Å². The van der Waals surface area contributed by atoms with Crippen LogP contribution in [0.15, 0.2) is 53.1 Å². The van der Waals surface area contributed by atoms with Crippen molar-refractivity contribution in [2.45, 2.75) is 19.1 Å². The van der Waals surface area contributed by atoms with Crippen molar-refractivity contribution in [1.82, 2.24) is 15.0 Å². The fraction of sp³-hybridized carbons (Fsp3) is 0.250. The van der Waals surface area contributed by atoms with Crippen LogP contribution in [-0.2, 0) is 10.9 Å². The topological polar surface area (TPSA) is 63.3 Å². The third kappa shape index (κ3) is 4.01. The normalized spacial score (nSPS) is 15.9. The second-order valence-electron chi connectivity index (χ2n) is 8.08. The number of pyridine rings is 1. The zero-order valence-electron chi connectivity index (χ0n) is 18.3. The molecule has 176 valence electrons. The third-order valence-corrected chi connectivity index (χ3v) is 6.27. The summed E-state index contributed by atoms with van der Waals surface area (Å²) in [4.78, 5) is 14.3. The number of nitrogens with one attached hydrogen (secondary N) is 1. The number of hydrogen-bond acceptors (Lipinski definition) is 5. The molecule has 34 heavy (non-hydrogen) atoms. The molecule has 6 nitrogen and oxygen atoms in total. The van der Waals surface area contributed by atoms with Crippen LogP contribution < -0.4 is 9.64 Å². The lowest BCUT2D eigenvalue weighted by molar-refractivity contribution is -0.137. The number of nitrogens with zero attached hydrogens (tertiary/aromatic N) is 3. The van der Waals surface area contributed by atoms with E-state index in [2.05, 4.69) is 35.8 Å². The molecule has 0 amide bonds. The van der Waals surface area contributed by atoms with Gasteiger partial charge in [-0.25, -0.2) is 9.97 Å². The molecule has 1 atom stereocenters. The van der Waals surface area contributed by atoms with Crippen LogP contribution in [0.3, 0.4) is 0 Å². The monoisotopic (exact) mass is 532 g/mol. The predicted molar refractivity (Wildman–Crippen MR) is 127 cm³/mol. The Bertz CT molecular complexity index is 1360. The van der Waals surface area contributed by atoms with Crippen LogP contribution in [0, 0.1) is 6.92 Å². The highest BCUT2D eigenvalue weighted by molar-refractivity contribution is 9.10. The molecule has 2 aromatic heterocycles. The molecule has 1 aliphatic heterocycles. The number of rotatable bonds is 4. The lowest BCUT2D eigenvalue weighted by atomic mass is 10.1. The summed E-state index contributed by atoms with van der Waals surface area (Å²) in [7, 11) is 1.63. The average molecular weight is 533 g/mol. The number of benzene rings is 2. The molecule has 0 saturated heterocycles. The molecule has 0 aliphatic carbocycles. The van der Waals surface area contributed by atoms with Crippen LogP contribution in [0.4, 0.5) is 24.7 Å². The Balaban J connectivity index is 1.64. The fourth-order valence-corrected chi connectivity index (χ4v) is 4.65. The van der Waals surface area contributed by atoms with E-state index in [0.717, 1.165) is 29.2 Å². The zero-order chi connectivity index (χ0) is 24.0. The highest BCUT2D eigenvalue weighted by Crippen LogP contribution is 2.45. The van der Waals surface area contributed by atoms with Crippen molar-refractivity contribution < 1.29 is 22.6 Å². The molecule has 3 heterocycles. The number of methoxy groups -OCH3 is 1. The van der Waals surface area contributed by atoms with E-state index < -0.39 is 11.7 Å². The number of aromatic amines is 1. The molecule has 1 N–H and O–H groups in total. The van der Waals surface area contributed by atoms with Crippen molar-refractivity contribution >= 4 is 38.5 Å². The largest absolute Gasteiger partial charge is 0.488 e. The van der Waals surface area contributed by atoms with Gasteiger partial charge in [0.15, 0.2) is 5.75 Å². The standard InChI is InChI=1S/C24H20BrF3N4O2/c1-13-6-7-20(29-10-13)32-15(11-33-2)12-34-22-16(4-3-5-19(22)32)23-30-18-9-14(24(26,27)28)8-17(25)21(18)31-23/h3-10,15H,11-12H2,1-2H3,(H,30,31)/t15-/m0/s1. The molecular weight excluding hydrogens is 513 g/mol. The summed E-state index contributed by atoms with van der Waals surface area (Å²) in [6.07, 6.45) is -2.66. The van der Waals surface area contributed by atoms with Crippen LogP contribution in [0.1, 0.15) is 11.1 Å². The number of imidazole rings is 1. The number of hydrogen-bond donors (Lipinski definition) is 1. The van der Waals surface area contributed by atoms with Gasteiger partial charge in [-0.1, -0.05) is 12.1 Å². The number of para-hydroxylation sites is 1. The summed E-state index contributed by atoms with van der Waals surface area (Å²) in [5.74, 6) is 1.73. The Morgan fingerprint density at radius 1 is 1.24 bits per heavy atom. The van der Waals surface area contributed by atoms with Crippen LogP contribution >= 0.6 is 15.9 Å². The quantitative estimate of drug-likeness (QED) is 0.336. The lowest BCUT2D eigenvalue weighted by Crippen LogP contribution is -2.43. The first-order valence-electron chi connectivity index (χ1n) is 10.5. The van der Waals surface area contributed by atoms with Crippen molar-refractivity contribution in [3.05, 3.63) is 64.3 Å². The first-order valence-corrected chi connectivity index (χ1v) is 11.3. The molecule has 0 spiro atoms. The molecule has 1 aliphatic rings. The maximum absolute atomic E-state index is 13.3. The van der Waals surface area contributed by atoms with Gasteiger partial charge in [-0.15, -0.1) is 0 Å². The van der Waals surface area contributed by atoms with E-state index in [1.54, 1.807) is 13.3 Å². The minimum atomic E-state index is -4.46. The number of fused-ring (bicyclic) bond motifs is 2. The summed E-state index contributed by atoms with van der Waals surface area (Å²) in [5, 5.41) is 0. The van der Waals surface area contributed by atoms with Gasteiger partial charge >= 0.3 is 6.18 Å². The minimum Gasteiger partial charge on any atom is -0.488 e. The van der Waals surface area contributed by atoms with E-state index in [9.17, 15) is 13.2 Å². The average Bonchev–Trinajstić information content (AvgIpc) is 3.24. The maximum atomic E-state index is 13.3. The smallest absolute Gasteiger partial charge is 0.416 e. The number of alkyl halides is 3. The van der Waals surface area contributed by atoms with Gasteiger partial charge < -0.3 is 19.4 Å². The van der Waals surface area contributed by atoms with Crippen molar-refractivity contribution in [2.24, 2.45) is 0 Å². The summed E-state index contributed by atoms with van der Waals surface area (Å²) >= 11 is 3.23. The number of aryl methyl sites for hydroxylation is 1. The lowest BCUT2D eigenvalue weighted by Gasteiger charge is -2.38. The van der Waals surface area contributed by atoms with Crippen molar-refractivity contribution in [3.63, 3.8) is 0 Å². The Labute approximate surface area is 201 Å². The molecule has 0 fully saturated rings. The number of ether oxygens (including phenoxy) is 2. The highest BCUT2D eigenvalue weighted by atomic mass is 79.9. The first-order chi connectivity index (χ1) is 16.3. The molecule has 10 heteroatoms. The molecular formula is C24H20BrF3N4O2. The van der Waals surface area contributed by atoms with E-state index in [1.165, 1.54) is 0 Å². The van der Waals surface area contributed by atoms with E-state index in [1.807, 2.05) is 37.3 Å². The number of aromatic nitrogens is 3. The number of H-pyrrole nitrogens is 1. The summed E-state index contributed by atoms with van der Waals surface area (Å²) in [6.45, 7) is 2.74. The summed E-state index contributed by atoms with van der Waals surface area (Å²) in [6, 6.07) is 11.5. The number of anilines is 2.